The molecule has 65 heavy (non-hydrogen) atoms. The van der Waals surface area contributed by atoms with E-state index in [1.54, 1.807) is 93.4 Å². The number of amides is 1. The molecule has 18 heteroatoms. The van der Waals surface area contributed by atoms with Gasteiger partial charge in [0.2, 0.25) is 16.0 Å². The van der Waals surface area contributed by atoms with Crippen LogP contribution in [0.1, 0.15) is 61.4 Å². The third kappa shape index (κ3) is 11.0. The number of aromatic amines is 1. The maximum absolute atomic E-state index is 13.0. The largest absolute Gasteiger partial charge is 0.491 e. The van der Waals surface area contributed by atoms with Crippen LogP contribution in [0.3, 0.4) is 0 Å². The number of halogens is 1. The lowest BCUT2D eigenvalue weighted by atomic mass is 9.92. The number of aryl methyl sites for hydroxylation is 1. The number of fused-ring (bicyclic) bond motifs is 1. The summed E-state index contributed by atoms with van der Waals surface area (Å²) in [5.74, 6) is 2.46. The number of pyridine rings is 1. The highest BCUT2D eigenvalue weighted by molar-refractivity contribution is 7.92. The van der Waals surface area contributed by atoms with Crippen molar-refractivity contribution >= 4 is 50.1 Å². The first-order chi connectivity index (χ1) is 31.4. The lowest BCUT2D eigenvalue weighted by Gasteiger charge is -2.32. The summed E-state index contributed by atoms with van der Waals surface area (Å²) >= 11 is 6.15. The van der Waals surface area contributed by atoms with Crippen molar-refractivity contribution in [2.24, 2.45) is 7.05 Å². The fourth-order valence-corrected chi connectivity index (χ4v) is 8.87. The molecule has 1 aliphatic carbocycles. The zero-order valence-electron chi connectivity index (χ0n) is 36.0. The fourth-order valence-electron chi connectivity index (χ4n) is 8.03. The quantitative estimate of drug-likeness (QED) is 0.0805. The molecule has 2 aliphatic rings. The highest BCUT2D eigenvalue weighted by atomic mass is 35.5. The van der Waals surface area contributed by atoms with Crippen molar-refractivity contribution in [1.29, 1.82) is 5.26 Å². The number of carbonyl (C=O) groups is 1. The molecule has 0 unspecified atom stereocenters. The fraction of sp³-hybridized carbons (Fsp3) is 0.340. The number of rotatable bonds is 16. The minimum atomic E-state index is -3.55. The molecule has 1 saturated carbocycles. The van der Waals surface area contributed by atoms with E-state index in [1.807, 2.05) is 18.2 Å². The van der Waals surface area contributed by atoms with Crippen molar-refractivity contribution in [3.63, 3.8) is 0 Å². The first-order valence-corrected chi connectivity index (χ1v) is 23.6. The Balaban J connectivity index is 0.787. The number of carbonyl (C=O) groups excluding carboxylic acids is 1. The molecule has 1 aliphatic heterocycles. The van der Waals surface area contributed by atoms with E-state index in [1.165, 1.54) is 4.57 Å². The van der Waals surface area contributed by atoms with E-state index in [-0.39, 0.29) is 35.5 Å². The van der Waals surface area contributed by atoms with Crippen LogP contribution in [0, 0.1) is 11.3 Å². The van der Waals surface area contributed by atoms with Gasteiger partial charge in [-0.3, -0.25) is 14.3 Å². The van der Waals surface area contributed by atoms with Crippen LogP contribution in [0.2, 0.25) is 5.02 Å². The van der Waals surface area contributed by atoms with Crippen LogP contribution < -0.4 is 34.7 Å². The first-order valence-electron chi connectivity index (χ1n) is 21.5. The predicted octanol–water partition coefficient (Wildman–Crippen LogP) is 7.59. The van der Waals surface area contributed by atoms with E-state index in [4.69, 9.17) is 35.8 Å². The molecule has 2 fully saturated rings. The lowest BCUT2D eigenvalue weighted by molar-refractivity contribution is 0.0201. The second-order valence-corrected chi connectivity index (χ2v) is 18.4. The van der Waals surface area contributed by atoms with Gasteiger partial charge in [-0.05, 0) is 94.0 Å². The van der Waals surface area contributed by atoms with E-state index in [9.17, 15) is 18.0 Å². The molecule has 1 saturated heterocycles. The van der Waals surface area contributed by atoms with Crippen molar-refractivity contribution in [2.45, 2.75) is 63.7 Å². The van der Waals surface area contributed by atoms with Crippen LogP contribution in [-0.4, -0.2) is 84.1 Å². The van der Waals surface area contributed by atoms with Crippen molar-refractivity contribution in [1.82, 2.24) is 24.8 Å². The molecule has 6 aromatic rings. The van der Waals surface area contributed by atoms with E-state index in [2.05, 4.69) is 29.9 Å². The van der Waals surface area contributed by atoms with Gasteiger partial charge in [0.25, 0.3) is 11.5 Å². The zero-order chi connectivity index (χ0) is 45.5. The number of anilines is 2. The molecule has 0 radical (unpaired) electrons. The summed E-state index contributed by atoms with van der Waals surface area (Å²) in [7, 11) is -1.89. The zero-order valence-corrected chi connectivity index (χ0v) is 37.5. The smallest absolute Gasteiger partial charge is 0.274 e. The molecule has 8 rings (SSSR count). The van der Waals surface area contributed by atoms with E-state index < -0.39 is 10.0 Å². The first kappa shape index (κ1) is 45.0. The minimum absolute atomic E-state index is 0.00924. The number of hydrogen-bond acceptors (Lipinski definition) is 12. The summed E-state index contributed by atoms with van der Waals surface area (Å²) in [5, 5.41) is 13.3. The molecule has 3 aromatic carbocycles. The minimum Gasteiger partial charge on any atom is -0.491 e. The van der Waals surface area contributed by atoms with E-state index >= 15 is 0 Å². The second-order valence-electron chi connectivity index (χ2n) is 16.0. The van der Waals surface area contributed by atoms with Crippen molar-refractivity contribution in [3.8, 4) is 40.2 Å². The molecular weight excluding hydrogens is 872 g/mol. The molecule has 4 heterocycles. The lowest BCUT2D eigenvalue weighted by Crippen LogP contribution is -2.40. The Morgan fingerprint density at radius 1 is 0.923 bits per heavy atom. The summed E-state index contributed by atoms with van der Waals surface area (Å²) in [6.45, 7) is 3.68. The summed E-state index contributed by atoms with van der Waals surface area (Å²) < 4.78 is 53.7. The van der Waals surface area contributed by atoms with Crippen LogP contribution >= 0.6 is 11.6 Å². The van der Waals surface area contributed by atoms with Gasteiger partial charge < -0.3 is 38.7 Å². The standard InChI is InChI=1S/C47H49ClN8O8S/c1-3-65(59,60)54-33-10-14-43(40(23-33)41-29-55(2)46(58)44-39(41)15-18-50-44)64-37-6-4-5-36(24-37)62-22-21-61-34-16-19-56(20-17-34)47-51-27-31(28-52-47)45(57)53-32-8-12-35(13-9-32)63-38-11-7-30(26-49)42(48)25-38/h4-7,10-11,14-15,18,23-25,27-29,32,34-35,50,54H,3,8-9,12-13,16-17,19-22H2,1-2H3,(H,53,57). The van der Waals surface area contributed by atoms with Gasteiger partial charge >= 0.3 is 0 Å². The molecule has 338 valence electrons. The second kappa shape index (κ2) is 20.1. The average Bonchev–Trinajstić information content (AvgIpc) is 3.81. The molecule has 1 amide bonds. The molecule has 3 aromatic heterocycles. The summed E-state index contributed by atoms with van der Waals surface area (Å²) in [5.41, 5.74) is 2.69. The van der Waals surface area contributed by atoms with Gasteiger partial charge in [0.05, 0.1) is 40.7 Å². The number of benzene rings is 3. The molecule has 0 bridgehead atoms. The monoisotopic (exact) mass is 920 g/mol. The van der Waals surface area contributed by atoms with Crippen LogP contribution in [0.15, 0.2) is 96.3 Å². The number of nitriles is 1. The molecule has 3 N–H and O–H groups in total. The van der Waals surface area contributed by atoms with Crippen LogP contribution in [0.4, 0.5) is 11.6 Å². The van der Waals surface area contributed by atoms with Crippen LogP contribution in [0.25, 0.3) is 22.0 Å². The number of hydrogen-bond donors (Lipinski definition) is 3. The molecule has 0 spiro atoms. The number of sulfonamides is 1. The maximum Gasteiger partial charge on any atom is 0.274 e. The Kier molecular flexibility index (Phi) is 13.9. The van der Waals surface area contributed by atoms with Gasteiger partial charge in [0, 0.05) is 85.3 Å². The Bertz CT molecular complexity index is 2870. The topological polar surface area (TPSA) is 203 Å². The number of nitrogens with zero attached hydrogens (tertiary/aromatic N) is 5. The summed E-state index contributed by atoms with van der Waals surface area (Å²) in [6, 6.07) is 21.2. The van der Waals surface area contributed by atoms with E-state index in [0.717, 1.165) is 38.5 Å². The van der Waals surface area contributed by atoms with Gasteiger partial charge in [-0.1, -0.05) is 17.7 Å². The Labute approximate surface area is 381 Å². The maximum atomic E-state index is 13.0. The predicted molar refractivity (Wildman–Crippen MR) is 248 cm³/mol. The SMILES string of the molecule is CCS(=O)(=O)Nc1ccc(Oc2cccc(OCCOC3CCN(c4ncc(C(=O)NC5CCC(Oc6ccc(C#N)c(Cl)c6)CC5)cn4)CC3)c2)c(-c2cn(C)c(=O)c3[nH]ccc23)c1. The third-order valence-corrected chi connectivity index (χ3v) is 13.2. The number of nitrogens with one attached hydrogen (secondary N) is 3. The van der Waals surface area contributed by atoms with Crippen LogP contribution in [0.5, 0.6) is 23.0 Å². The normalized spacial score (nSPS) is 16.7. The summed E-state index contributed by atoms with van der Waals surface area (Å²) in [6.07, 6.45) is 11.3. The number of piperidine rings is 1. The Morgan fingerprint density at radius 2 is 1.69 bits per heavy atom. The van der Waals surface area contributed by atoms with Gasteiger partial charge in [0.15, 0.2) is 0 Å². The van der Waals surface area contributed by atoms with Gasteiger partial charge in [-0.2, -0.15) is 5.26 Å². The van der Waals surface area contributed by atoms with Crippen LogP contribution in [-0.2, 0) is 21.8 Å². The number of H-pyrrole nitrogens is 1. The Morgan fingerprint density at radius 3 is 2.43 bits per heavy atom. The van der Waals surface area contributed by atoms with Gasteiger partial charge in [0.1, 0.15) is 41.2 Å². The highest BCUT2D eigenvalue weighted by Crippen LogP contribution is 2.39. The molecule has 0 atom stereocenters. The van der Waals surface area contributed by atoms with Crippen molar-refractivity contribution in [2.75, 3.05) is 41.7 Å². The van der Waals surface area contributed by atoms with Crippen molar-refractivity contribution in [3.05, 3.63) is 118 Å². The van der Waals surface area contributed by atoms with Crippen molar-refractivity contribution < 1.29 is 32.2 Å². The average molecular weight is 921 g/mol. The number of ether oxygens (including phenoxy) is 4. The highest BCUT2D eigenvalue weighted by Gasteiger charge is 2.26. The molecular formula is C47H49ClN8O8S. The van der Waals surface area contributed by atoms with E-state index in [0.29, 0.717) is 99.1 Å². The van der Waals surface area contributed by atoms with Gasteiger partial charge in [-0.25, -0.2) is 18.4 Å². The molecule has 16 nitrogen and oxygen atoms in total. The third-order valence-electron chi connectivity index (χ3n) is 11.6. The number of aromatic nitrogens is 4. The van der Waals surface area contributed by atoms with Gasteiger partial charge in [-0.15, -0.1) is 0 Å². The Hall–Kier alpha value is -6.61. The summed E-state index contributed by atoms with van der Waals surface area (Å²) in [4.78, 5) is 40.0.